The predicted octanol–water partition coefficient (Wildman–Crippen LogP) is 3.29. The maximum Gasteiger partial charge on any atom is 0.250 e. The molecule has 172 valence electrons. The first-order valence-corrected chi connectivity index (χ1v) is 11.1. The molecule has 2 atom stereocenters. The number of nitrogens with one attached hydrogen (secondary N) is 2. The van der Waals surface area contributed by atoms with Crippen LogP contribution in [0.25, 0.3) is 0 Å². The average Bonchev–Trinajstić information content (AvgIpc) is 3.42. The Labute approximate surface area is 198 Å². The third-order valence-corrected chi connectivity index (χ3v) is 5.82. The topological polar surface area (TPSA) is 80.7 Å². The minimum Gasteiger partial charge on any atom is -0.383 e. The van der Waals surface area contributed by atoms with Gasteiger partial charge in [-0.3, -0.25) is 9.78 Å². The summed E-state index contributed by atoms with van der Waals surface area (Å²) in [7, 11) is 3.19. The number of rotatable bonds is 9. The van der Waals surface area contributed by atoms with Gasteiger partial charge in [0, 0.05) is 50.2 Å². The third kappa shape index (κ3) is 5.05. The lowest BCUT2D eigenvalue weighted by Crippen LogP contribution is -2.30. The van der Waals surface area contributed by atoms with Crippen LogP contribution in [0.3, 0.4) is 0 Å². The average molecular weight is 466 g/mol. The van der Waals surface area contributed by atoms with Crippen molar-refractivity contribution in [2.45, 2.75) is 18.6 Å². The van der Waals surface area contributed by atoms with Crippen LogP contribution in [0.15, 0.2) is 67.0 Å². The number of anilines is 2. The molecular weight excluding hydrogens is 438 g/mol. The van der Waals surface area contributed by atoms with Crippen molar-refractivity contribution in [3.8, 4) is 0 Å². The Balaban J connectivity index is 1.69. The molecule has 0 aliphatic carbocycles. The SMILES string of the molecule is COCCn1cccc1C1C(c2ccccn2)NC(=S)N1c1ccc(NC(=O)COC)cc1. The maximum atomic E-state index is 11.8. The van der Waals surface area contributed by atoms with Gasteiger partial charge in [-0.15, -0.1) is 0 Å². The van der Waals surface area contributed by atoms with E-state index in [0.29, 0.717) is 17.4 Å². The van der Waals surface area contributed by atoms with Crippen molar-refractivity contribution in [1.29, 1.82) is 0 Å². The molecule has 0 saturated carbocycles. The van der Waals surface area contributed by atoms with E-state index in [9.17, 15) is 4.79 Å². The van der Waals surface area contributed by atoms with Gasteiger partial charge in [0.15, 0.2) is 5.11 Å². The number of carbonyl (C=O) groups excluding carboxylic acids is 1. The van der Waals surface area contributed by atoms with Crippen molar-refractivity contribution in [1.82, 2.24) is 14.9 Å². The lowest BCUT2D eigenvalue weighted by molar-refractivity contribution is -0.119. The van der Waals surface area contributed by atoms with E-state index in [0.717, 1.165) is 23.6 Å². The number of pyridine rings is 1. The molecule has 1 aliphatic rings. The van der Waals surface area contributed by atoms with E-state index in [4.69, 9.17) is 21.7 Å². The predicted molar refractivity (Wildman–Crippen MR) is 131 cm³/mol. The second kappa shape index (κ2) is 10.6. The fourth-order valence-corrected chi connectivity index (χ4v) is 4.40. The highest BCUT2D eigenvalue weighted by molar-refractivity contribution is 7.80. The first kappa shape index (κ1) is 22.9. The van der Waals surface area contributed by atoms with Crippen LogP contribution in [0.4, 0.5) is 11.4 Å². The summed E-state index contributed by atoms with van der Waals surface area (Å²) in [5, 5.41) is 6.90. The molecule has 9 heteroatoms. The van der Waals surface area contributed by atoms with E-state index in [-0.39, 0.29) is 24.6 Å². The lowest BCUT2D eigenvalue weighted by Gasteiger charge is -2.29. The number of hydrogen-bond acceptors (Lipinski definition) is 5. The monoisotopic (exact) mass is 465 g/mol. The second-order valence-corrected chi connectivity index (χ2v) is 8.03. The highest BCUT2D eigenvalue weighted by atomic mass is 32.1. The first-order valence-electron chi connectivity index (χ1n) is 10.7. The summed E-state index contributed by atoms with van der Waals surface area (Å²) in [6.45, 7) is 1.35. The van der Waals surface area contributed by atoms with E-state index in [2.05, 4.69) is 37.3 Å². The fraction of sp³-hybridized carbons (Fsp3) is 0.292. The minimum absolute atomic E-state index is 0.00811. The van der Waals surface area contributed by atoms with Crippen LogP contribution in [0.2, 0.25) is 0 Å². The first-order chi connectivity index (χ1) is 16.1. The van der Waals surface area contributed by atoms with E-state index in [1.807, 2.05) is 48.5 Å². The maximum absolute atomic E-state index is 11.8. The summed E-state index contributed by atoms with van der Waals surface area (Å²) in [5.41, 5.74) is 3.63. The van der Waals surface area contributed by atoms with Gasteiger partial charge in [0.25, 0.3) is 0 Å². The summed E-state index contributed by atoms with van der Waals surface area (Å²) in [4.78, 5) is 18.5. The zero-order valence-corrected chi connectivity index (χ0v) is 19.4. The van der Waals surface area contributed by atoms with Gasteiger partial charge in [-0.05, 0) is 60.7 Å². The lowest BCUT2D eigenvalue weighted by atomic mass is 10.0. The van der Waals surface area contributed by atoms with Gasteiger partial charge in [0.2, 0.25) is 5.91 Å². The molecule has 8 nitrogen and oxygen atoms in total. The molecule has 1 amide bonds. The Morgan fingerprint density at radius 2 is 1.94 bits per heavy atom. The van der Waals surface area contributed by atoms with E-state index >= 15 is 0 Å². The Kier molecular flexibility index (Phi) is 7.33. The molecule has 1 fully saturated rings. The molecule has 2 N–H and O–H groups in total. The van der Waals surface area contributed by atoms with Gasteiger partial charge >= 0.3 is 0 Å². The number of nitrogens with zero attached hydrogens (tertiary/aromatic N) is 3. The summed E-state index contributed by atoms with van der Waals surface area (Å²) in [6, 6.07) is 17.4. The second-order valence-electron chi connectivity index (χ2n) is 7.64. The Hall–Kier alpha value is -3.27. The Morgan fingerprint density at radius 1 is 1.12 bits per heavy atom. The normalized spacial score (nSPS) is 17.8. The van der Waals surface area contributed by atoms with Crippen molar-refractivity contribution >= 4 is 34.6 Å². The fourth-order valence-electron chi connectivity index (χ4n) is 4.06. The molecule has 4 rings (SSSR count). The van der Waals surface area contributed by atoms with Crippen LogP contribution in [0.5, 0.6) is 0 Å². The highest BCUT2D eigenvalue weighted by Gasteiger charge is 2.41. The van der Waals surface area contributed by atoms with Crippen LogP contribution in [-0.4, -0.2) is 48.0 Å². The number of benzene rings is 1. The van der Waals surface area contributed by atoms with E-state index in [1.165, 1.54) is 7.11 Å². The summed E-state index contributed by atoms with van der Waals surface area (Å²) >= 11 is 5.79. The number of carbonyl (C=O) groups is 1. The Morgan fingerprint density at radius 3 is 2.64 bits per heavy atom. The van der Waals surface area contributed by atoms with Gasteiger partial charge in [-0.2, -0.15) is 0 Å². The molecule has 0 radical (unpaired) electrons. The molecule has 3 aromatic rings. The van der Waals surface area contributed by atoms with Gasteiger partial charge in [-0.25, -0.2) is 0 Å². The molecule has 1 saturated heterocycles. The number of thiocarbonyl (C=S) groups is 1. The molecule has 2 aromatic heterocycles. The summed E-state index contributed by atoms with van der Waals surface area (Å²) in [6.07, 6.45) is 3.85. The van der Waals surface area contributed by atoms with Gasteiger partial charge in [-0.1, -0.05) is 6.07 Å². The number of aromatic nitrogens is 2. The molecule has 3 heterocycles. The largest absolute Gasteiger partial charge is 0.383 e. The number of hydrogen-bond donors (Lipinski definition) is 2. The van der Waals surface area contributed by atoms with Crippen molar-refractivity contribution in [2.75, 3.05) is 37.7 Å². The van der Waals surface area contributed by atoms with Gasteiger partial charge < -0.3 is 29.6 Å². The van der Waals surface area contributed by atoms with Crippen LogP contribution in [-0.2, 0) is 20.8 Å². The molecule has 2 unspecified atom stereocenters. The summed E-state index contributed by atoms with van der Waals surface area (Å²) in [5.74, 6) is -0.201. The standard InChI is InChI=1S/C24H27N5O3S/c1-31-15-14-28-13-5-7-20(28)23-22(19-6-3-4-12-25-19)27-24(33)29(23)18-10-8-17(9-11-18)26-21(30)16-32-2/h3-13,22-23H,14-16H2,1-2H3,(H,26,30)(H,27,33). The van der Waals surface area contributed by atoms with Crippen molar-refractivity contribution in [3.63, 3.8) is 0 Å². The molecule has 0 spiro atoms. The van der Waals surface area contributed by atoms with Crippen LogP contribution in [0.1, 0.15) is 23.5 Å². The summed E-state index contributed by atoms with van der Waals surface area (Å²) < 4.78 is 12.4. The number of amides is 1. The van der Waals surface area contributed by atoms with Gasteiger partial charge in [0.1, 0.15) is 12.6 Å². The smallest absolute Gasteiger partial charge is 0.250 e. The van der Waals surface area contributed by atoms with Crippen molar-refractivity contribution in [2.24, 2.45) is 0 Å². The number of ether oxygens (including phenoxy) is 2. The van der Waals surface area contributed by atoms with Crippen molar-refractivity contribution in [3.05, 3.63) is 78.4 Å². The highest BCUT2D eigenvalue weighted by Crippen LogP contribution is 2.41. The van der Waals surface area contributed by atoms with Gasteiger partial charge in [0.05, 0.1) is 18.3 Å². The molecule has 0 bridgehead atoms. The molecule has 1 aromatic carbocycles. The third-order valence-electron chi connectivity index (χ3n) is 5.51. The van der Waals surface area contributed by atoms with Crippen LogP contribution in [0, 0.1) is 0 Å². The van der Waals surface area contributed by atoms with Crippen molar-refractivity contribution < 1.29 is 14.3 Å². The zero-order valence-electron chi connectivity index (χ0n) is 18.6. The van der Waals surface area contributed by atoms with E-state index < -0.39 is 0 Å². The molecule has 1 aliphatic heterocycles. The Bertz CT molecular complexity index is 1090. The molecule has 33 heavy (non-hydrogen) atoms. The molecular formula is C24H27N5O3S. The van der Waals surface area contributed by atoms with Crippen LogP contribution < -0.4 is 15.5 Å². The van der Waals surface area contributed by atoms with E-state index in [1.54, 1.807) is 13.3 Å². The number of methoxy groups -OCH3 is 2. The van der Waals surface area contributed by atoms with Crippen LogP contribution >= 0.6 is 12.2 Å². The zero-order chi connectivity index (χ0) is 23.2. The minimum atomic E-state index is -0.201. The quantitative estimate of drug-likeness (QED) is 0.470.